The highest BCUT2D eigenvalue weighted by Gasteiger charge is 2.21. The van der Waals surface area contributed by atoms with Gasteiger partial charge in [-0.3, -0.25) is 0 Å². The highest BCUT2D eigenvalue weighted by Crippen LogP contribution is 2.48. The van der Waals surface area contributed by atoms with Crippen molar-refractivity contribution < 1.29 is 0 Å². The second-order valence-electron chi connectivity index (χ2n) is 26.6. The van der Waals surface area contributed by atoms with Crippen LogP contribution in [0.2, 0.25) is 0 Å². The lowest BCUT2D eigenvalue weighted by Gasteiger charge is -2.19. The second-order valence-corrected chi connectivity index (χ2v) is 26.6. The minimum atomic E-state index is 1.22. The summed E-state index contributed by atoms with van der Waals surface area (Å²) in [5.74, 6) is 0. The van der Waals surface area contributed by atoms with Crippen molar-refractivity contribution >= 4 is 108 Å². The van der Waals surface area contributed by atoms with Crippen LogP contribution in [0.4, 0.5) is 0 Å². The number of rotatable bonds is 8. The fourth-order valence-corrected chi connectivity index (χ4v) is 16.0. The van der Waals surface area contributed by atoms with Crippen LogP contribution < -0.4 is 0 Å². The molecule has 0 spiro atoms. The molecule has 0 N–H and O–H groups in total. The van der Waals surface area contributed by atoms with Crippen LogP contribution in [0.5, 0.6) is 0 Å². The Morgan fingerprint density at radius 1 is 0.100 bits per heavy atom. The van der Waals surface area contributed by atoms with Crippen molar-refractivity contribution in [2.24, 2.45) is 0 Å². The van der Waals surface area contributed by atoms with Crippen LogP contribution in [0.25, 0.3) is 197 Å². The second kappa shape index (κ2) is 24.6. The first kappa shape index (κ1) is 58.4. The summed E-state index contributed by atoms with van der Waals surface area (Å²) in [5, 5.41) is 25.3. The molecule has 0 unspecified atom stereocenters. The molecule has 0 saturated carbocycles. The monoisotopic (exact) mass is 1260 g/mol. The van der Waals surface area contributed by atoms with E-state index in [2.05, 4.69) is 388 Å². The van der Waals surface area contributed by atoms with Gasteiger partial charge in [0.1, 0.15) is 0 Å². The third-order valence-electron chi connectivity index (χ3n) is 20.8. The Labute approximate surface area is 581 Å². The third-order valence-corrected chi connectivity index (χ3v) is 20.8. The molecule has 0 atom stereocenters. The molecule has 0 saturated heterocycles. The van der Waals surface area contributed by atoms with Gasteiger partial charge < -0.3 is 0 Å². The largest absolute Gasteiger partial charge is 0.0616 e. The lowest BCUT2D eigenvalue weighted by Crippen LogP contribution is -1.91. The van der Waals surface area contributed by atoms with Gasteiger partial charge in [0.05, 0.1) is 0 Å². The van der Waals surface area contributed by atoms with Crippen LogP contribution in [0, 0.1) is 0 Å². The third kappa shape index (κ3) is 10.3. The number of hydrogen-bond acceptors (Lipinski definition) is 0. The molecule has 0 bridgehead atoms. The van der Waals surface area contributed by atoms with E-state index in [0.29, 0.717) is 0 Å². The van der Waals surface area contributed by atoms with Gasteiger partial charge in [-0.15, -0.1) is 0 Å². The van der Waals surface area contributed by atoms with Gasteiger partial charge >= 0.3 is 0 Å². The van der Waals surface area contributed by atoms with Crippen molar-refractivity contribution in [3.05, 3.63) is 388 Å². The number of fused-ring (bicyclic) bond motifs is 10. The summed E-state index contributed by atoms with van der Waals surface area (Å²) in [5.41, 5.74) is 20.0. The van der Waals surface area contributed by atoms with Gasteiger partial charge in [-0.05, 0) is 239 Å². The van der Waals surface area contributed by atoms with Gasteiger partial charge in [0, 0.05) is 0 Å². The predicted octanol–water partition coefficient (Wildman–Crippen LogP) is 28.2. The molecular weight excluding hydrogens is 1200 g/mol. The zero-order valence-electron chi connectivity index (χ0n) is 55.0. The highest BCUT2D eigenvalue weighted by atomic mass is 14.2. The van der Waals surface area contributed by atoms with E-state index in [1.54, 1.807) is 0 Å². The average Bonchev–Trinajstić information content (AvgIpc) is 0.733. The van der Waals surface area contributed by atoms with Crippen molar-refractivity contribution in [3.8, 4) is 89.0 Å². The molecule has 0 aromatic heterocycles. The molecule has 0 aliphatic rings. The van der Waals surface area contributed by atoms with E-state index in [1.165, 1.54) is 197 Å². The molecular formula is C100H64. The Balaban J connectivity index is 0.000000139. The van der Waals surface area contributed by atoms with Crippen LogP contribution in [0.1, 0.15) is 0 Å². The molecule has 464 valence electrons. The maximum absolute atomic E-state index is 2.39. The first-order valence-electron chi connectivity index (χ1n) is 34.7. The molecule has 0 radical (unpaired) electrons. The quantitative estimate of drug-likeness (QED) is 0.133. The first-order valence-corrected chi connectivity index (χ1v) is 34.7. The molecule has 0 amide bonds. The summed E-state index contributed by atoms with van der Waals surface area (Å²) in [6, 6.07) is 143. The summed E-state index contributed by atoms with van der Waals surface area (Å²) in [6.45, 7) is 0. The summed E-state index contributed by atoms with van der Waals surface area (Å²) in [6.07, 6.45) is 0. The van der Waals surface area contributed by atoms with Crippen molar-refractivity contribution in [3.63, 3.8) is 0 Å². The maximum Gasteiger partial charge on any atom is -0.00201 e. The van der Waals surface area contributed by atoms with E-state index in [1.807, 2.05) is 0 Å². The van der Waals surface area contributed by atoms with Gasteiger partial charge in [0.25, 0.3) is 0 Å². The summed E-state index contributed by atoms with van der Waals surface area (Å²) in [4.78, 5) is 0. The highest BCUT2D eigenvalue weighted by molar-refractivity contribution is 6.25. The lowest BCUT2D eigenvalue weighted by molar-refractivity contribution is 1.61. The van der Waals surface area contributed by atoms with E-state index >= 15 is 0 Å². The van der Waals surface area contributed by atoms with Crippen LogP contribution in [0.3, 0.4) is 0 Å². The van der Waals surface area contributed by atoms with Crippen LogP contribution >= 0.6 is 0 Å². The molecule has 20 aromatic carbocycles. The Hall–Kier alpha value is -13.0. The molecule has 0 fully saturated rings. The van der Waals surface area contributed by atoms with Crippen LogP contribution in [0.15, 0.2) is 388 Å². The van der Waals surface area contributed by atoms with Gasteiger partial charge in [0.2, 0.25) is 0 Å². The Morgan fingerprint density at radius 3 is 0.680 bits per heavy atom. The van der Waals surface area contributed by atoms with Gasteiger partial charge in [-0.2, -0.15) is 0 Å². The summed E-state index contributed by atoms with van der Waals surface area (Å²) in [7, 11) is 0. The van der Waals surface area contributed by atoms with E-state index in [9.17, 15) is 0 Å². The fraction of sp³-hybridized carbons (Fsp3) is 0. The Morgan fingerprint density at radius 2 is 0.320 bits per heavy atom. The number of benzene rings is 20. The van der Waals surface area contributed by atoms with E-state index < -0.39 is 0 Å². The number of hydrogen-bond donors (Lipinski definition) is 0. The normalized spacial score (nSPS) is 11.6. The van der Waals surface area contributed by atoms with Crippen molar-refractivity contribution in [2.75, 3.05) is 0 Å². The Kier molecular flexibility index (Phi) is 14.3. The predicted molar refractivity (Wildman–Crippen MR) is 431 cm³/mol. The van der Waals surface area contributed by atoms with Crippen molar-refractivity contribution in [1.29, 1.82) is 0 Å². The maximum atomic E-state index is 2.39. The topological polar surface area (TPSA) is 0 Å². The average molecular weight is 1270 g/mol. The molecule has 0 aliphatic heterocycles. The van der Waals surface area contributed by atoms with E-state index in [0.717, 1.165) is 0 Å². The molecule has 20 rings (SSSR count). The smallest absolute Gasteiger partial charge is 0.00201 e. The van der Waals surface area contributed by atoms with Gasteiger partial charge in [-0.1, -0.05) is 346 Å². The molecule has 0 aliphatic carbocycles. The van der Waals surface area contributed by atoms with Crippen molar-refractivity contribution in [1.82, 2.24) is 0 Å². The van der Waals surface area contributed by atoms with Gasteiger partial charge in [0.15, 0.2) is 0 Å². The van der Waals surface area contributed by atoms with Crippen molar-refractivity contribution in [2.45, 2.75) is 0 Å². The summed E-state index contributed by atoms with van der Waals surface area (Å²) < 4.78 is 0. The van der Waals surface area contributed by atoms with Gasteiger partial charge in [-0.25, -0.2) is 0 Å². The minimum absolute atomic E-state index is 1.22. The SMILES string of the molecule is c1cc(-c2ccc3ccccc3c2)cc(-c2ccc3ccc(-c4c5ccccc5c(-c5cccc6ccccc56)c5ccccc45)cc3c2)c1.c1ccc2cc(-c3ccc(-c4ccc5ccc(-c6c7ccccc7c(-c7cccc8ccccc78)c7ccccc67)cc5c4)cc3)ccc2c1. The van der Waals surface area contributed by atoms with E-state index in [-0.39, 0.29) is 0 Å². The first-order chi connectivity index (χ1) is 49.6. The fourth-order valence-electron chi connectivity index (χ4n) is 16.0. The molecule has 100 heavy (non-hydrogen) atoms. The Bertz CT molecular complexity index is 6520. The van der Waals surface area contributed by atoms with E-state index in [4.69, 9.17) is 0 Å². The lowest BCUT2D eigenvalue weighted by atomic mass is 9.84. The summed E-state index contributed by atoms with van der Waals surface area (Å²) >= 11 is 0. The molecule has 0 heteroatoms. The molecule has 20 aromatic rings. The zero-order valence-corrected chi connectivity index (χ0v) is 55.0. The van der Waals surface area contributed by atoms with Crippen LogP contribution in [-0.4, -0.2) is 0 Å². The minimum Gasteiger partial charge on any atom is -0.0616 e. The molecule has 0 nitrogen and oxygen atoms in total. The zero-order chi connectivity index (χ0) is 66.0. The standard InChI is InChI=1S/2C50H32/c1-2-13-36-29-39(26-23-33(36)11-1)37-15-9-16-38(30-37)40-27-24-34-25-28-41(32-42(34)31-40)49-45-18-5-7-20-47(45)50(48-21-8-6-19-46(48)49)44-22-10-14-35-12-3-4-17-43(35)44;1-2-12-38-30-39(27-24-33(38)10-1)34-20-22-35(23-21-34)40-28-25-36-26-29-41(32-42(36)31-40)49-45-15-5-7-17-47(45)50(48-18-8-6-16-46(48)49)44-19-9-13-37-11-3-4-14-43(37)44/h2*1-32H. The molecule has 0 heterocycles. The van der Waals surface area contributed by atoms with Crippen LogP contribution in [-0.2, 0) is 0 Å².